The van der Waals surface area contributed by atoms with Crippen molar-refractivity contribution in [3.63, 3.8) is 0 Å². The normalized spacial score (nSPS) is 24.6. The number of amides is 1. The molecule has 1 amide bonds. The van der Waals surface area contributed by atoms with Gasteiger partial charge in [-0.15, -0.1) is 0 Å². The van der Waals surface area contributed by atoms with Crippen molar-refractivity contribution in [1.29, 1.82) is 0 Å². The van der Waals surface area contributed by atoms with Crippen molar-refractivity contribution < 1.29 is 13.2 Å². The molecule has 2 fully saturated rings. The van der Waals surface area contributed by atoms with E-state index in [4.69, 9.17) is 5.14 Å². The molecule has 0 aromatic heterocycles. The van der Waals surface area contributed by atoms with Crippen LogP contribution in [0.5, 0.6) is 0 Å². The van der Waals surface area contributed by atoms with E-state index in [-0.39, 0.29) is 11.9 Å². The first-order valence-electron chi connectivity index (χ1n) is 7.70. The predicted octanol–water partition coefficient (Wildman–Crippen LogP) is -0.401. The number of nitrogens with zero attached hydrogens (tertiary/aromatic N) is 3. The lowest BCUT2D eigenvalue weighted by atomic mass is 10.2. The summed E-state index contributed by atoms with van der Waals surface area (Å²) < 4.78 is 23.9. The maximum atomic E-state index is 12.6. The molecule has 1 atom stereocenters. The van der Waals surface area contributed by atoms with Gasteiger partial charge >= 0.3 is 0 Å². The highest BCUT2D eigenvalue weighted by Crippen LogP contribution is 2.14. The quantitative estimate of drug-likeness (QED) is 0.767. The number of nitrogens with two attached hydrogens (primary N) is 1. The third-order valence-electron chi connectivity index (χ3n) is 4.46. The highest BCUT2D eigenvalue weighted by Gasteiger charge is 2.31. The van der Waals surface area contributed by atoms with Gasteiger partial charge in [-0.3, -0.25) is 9.69 Å². The van der Waals surface area contributed by atoms with Crippen LogP contribution in [-0.4, -0.2) is 73.7 Å². The van der Waals surface area contributed by atoms with Crippen LogP contribution in [0.4, 0.5) is 0 Å². The summed E-state index contributed by atoms with van der Waals surface area (Å²) >= 11 is 0. The van der Waals surface area contributed by atoms with Crippen molar-refractivity contribution in [2.24, 2.45) is 5.14 Å². The molecule has 2 aliphatic heterocycles. The van der Waals surface area contributed by atoms with Gasteiger partial charge in [-0.2, -0.15) is 12.7 Å². The molecule has 21 heavy (non-hydrogen) atoms. The second-order valence-electron chi connectivity index (χ2n) is 5.90. The molecule has 0 saturated carbocycles. The minimum absolute atomic E-state index is 0.168. The van der Waals surface area contributed by atoms with Gasteiger partial charge in [0, 0.05) is 39.3 Å². The average Bonchev–Trinajstić information content (AvgIpc) is 2.74. The van der Waals surface area contributed by atoms with E-state index in [1.54, 1.807) is 0 Å². The van der Waals surface area contributed by atoms with Crippen LogP contribution >= 0.6 is 0 Å². The molecule has 0 bridgehead atoms. The number of likely N-dealkylation sites (tertiary alicyclic amines) is 1. The van der Waals surface area contributed by atoms with Crippen LogP contribution in [0.15, 0.2) is 0 Å². The Morgan fingerprint density at radius 3 is 1.95 bits per heavy atom. The van der Waals surface area contributed by atoms with Crippen molar-refractivity contribution in [1.82, 2.24) is 14.1 Å². The largest absolute Gasteiger partial charge is 0.341 e. The fourth-order valence-corrected chi connectivity index (χ4v) is 3.73. The van der Waals surface area contributed by atoms with Crippen molar-refractivity contribution in [3.8, 4) is 0 Å². The van der Waals surface area contributed by atoms with E-state index in [0.717, 1.165) is 25.9 Å². The fraction of sp³-hybridized carbons (Fsp3) is 0.923. The Morgan fingerprint density at radius 2 is 1.48 bits per heavy atom. The van der Waals surface area contributed by atoms with Crippen molar-refractivity contribution >= 4 is 16.1 Å². The lowest BCUT2D eigenvalue weighted by Gasteiger charge is -2.37. The van der Waals surface area contributed by atoms with Crippen LogP contribution in [-0.2, 0) is 15.0 Å². The zero-order valence-corrected chi connectivity index (χ0v) is 13.5. The summed E-state index contributed by atoms with van der Waals surface area (Å²) in [6, 6.07) is -0.189. The van der Waals surface area contributed by atoms with Crippen molar-refractivity contribution in [3.05, 3.63) is 0 Å². The van der Waals surface area contributed by atoms with Gasteiger partial charge < -0.3 is 4.90 Å². The number of hydrogen-bond acceptors (Lipinski definition) is 4. The van der Waals surface area contributed by atoms with E-state index >= 15 is 0 Å². The first kappa shape index (κ1) is 16.7. The van der Waals surface area contributed by atoms with Gasteiger partial charge in [0.2, 0.25) is 5.91 Å². The monoisotopic (exact) mass is 318 g/mol. The van der Waals surface area contributed by atoms with E-state index in [2.05, 4.69) is 4.90 Å². The molecule has 2 aliphatic rings. The molecule has 0 aliphatic carbocycles. The molecule has 8 heteroatoms. The molecule has 0 spiro atoms. The van der Waals surface area contributed by atoms with Gasteiger partial charge in [0.15, 0.2) is 0 Å². The summed E-state index contributed by atoms with van der Waals surface area (Å²) in [6.45, 7) is 5.43. The lowest BCUT2D eigenvalue weighted by Crippen LogP contribution is -2.56. The zero-order chi connectivity index (χ0) is 15.5. The van der Waals surface area contributed by atoms with E-state index in [1.807, 2.05) is 11.8 Å². The summed E-state index contributed by atoms with van der Waals surface area (Å²) in [5, 5.41) is 5.13. The maximum Gasteiger partial charge on any atom is 0.276 e. The number of carbonyl (C=O) groups excluding carboxylic acids is 1. The highest BCUT2D eigenvalue weighted by atomic mass is 32.2. The third-order valence-corrected chi connectivity index (χ3v) is 5.54. The Morgan fingerprint density at radius 1 is 0.952 bits per heavy atom. The molecule has 1 unspecified atom stereocenters. The highest BCUT2D eigenvalue weighted by molar-refractivity contribution is 7.86. The van der Waals surface area contributed by atoms with Gasteiger partial charge in [-0.25, -0.2) is 5.14 Å². The molecule has 2 saturated heterocycles. The lowest BCUT2D eigenvalue weighted by molar-refractivity contribution is -0.136. The first-order valence-corrected chi connectivity index (χ1v) is 9.20. The molecule has 2 heterocycles. The fourth-order valence-electron chi connectivity index (χ4n) is 3.06. The Balaban J connectivity index is 1.88. The Labute approximate surface area is 127 Å². The summed E-state index contributed by atoms with van der Waals surface area (Å²) in [5.41, 5.74) is 0. The van der Waals surface area contributed by atoms with Gasteiger partial charge in [0.05, 0.1) is 6.04 Å². The zero-order valence-electron chi connectivity index (χ0n) is 12.7. The second-order valence-corrected chi connectivity index (χ2v) is 7.44. The first-order chi connectivity index (χ1) is 9.89. The average molecular weight is 318 g/mol. The standard InChI is InChI=1S/C13H26N4O3S/c1-12(13(18)16-6-4-2-3-5-7-16)15-8-10-17(11-9-15)21(14,19)20/h12H,2-11H2,1H3,(H2,14,19,20). The SMILES string of the molecule is CC(C(=O)N1CCCCCC1)N1CCN(S(N)(=O)=O)CC1. The molecule has 0 radical (unpaired) electrons. The number of rotatable bonds is 3. The molecule has 2 N–H and O–H groups in total. The summed E-state index contributed by atoms with van der Waals surface area (Å²) in [4.78, 5) is 16.6. The van der Waals surface area contributed by atoms with Crippen LogP contribution in [0.2, 0.25) is 0 Å². The molecule has 2 rings (SSSR count). The van der Waals surface area contributed by atoms with Crippen LogP contribution in [0.3, 0.4) is 0 Å². The molecular weight excluding hydrogens is 292 g/mol. The van der Waals surface area contributed by atoms with E-state index < -0.39 is 10.2 Å². The smallest absolute Gasteiger partial charge is 0.276 e. The van der Waals surface area contributed by atoms with Gasteiger partial charge in [0.25, 0.3) is 10.2 Å². The Kier molecular flexibility index (Phi) is 5.59. The maximum absolute atomic E-state index is 12.6. The topological polar surface area (TPSA) is 86.9 Å². The molecule has 0 aromatic rings. The van der Waals surface area contributed by atoms with Crippen LogP contribution in [0, 0.1) is 0 Å². The minimum atomic E-state index is -3.61. The third kappa shape index (κ3) is 4.38. The van der Waals surface area contributed by atoms with Gasteiger partial charge in [0.1, 0.15) is 0 Å². The van der Waals surface area contributed by atoms with Crippen LogP contribution in [0.25, 0.3) is 0 Å². The predicted molar refractivity (Wildman–Crippen MR) is 80.8 cm³/mol. The Bertz CT molecular complexity index is 452. The molecule has 0 aromatic carbocycles. The summed E-state index contributed by atoms with van der Waals surface area (Å²) in [6.07, 6.45) is 4.56. The van der Waals surface area contributed by atoms with E-state index in [0.29, 0.717) is 26.2 Å². The summed E-state index contributed by atoms with van der Waals surface area (Å²) in [5.74, 6) is 0.168. The van der Waals surface area contributed by atoms with E-state index in [1.165, 1.54) is 17.1 Å². The van der Waals surface area contributed by atoms with Crippen LogP contribution in [0.1, 0.15) is 32.6 Å². The van der Waals surface area contributed by atoms with Gasteiger partial charge in [-0.05, 0) is 19.8 Å². The number of carbonyl (C=O) groups is 1. The minimum Gasteiger partial charge on any atom is -0.341 e. The second kappa shape index (κ2) is 7.04. The molecular formula is C13H26N4O3S. The number of hydrogen-bond donors (Lipinski definition) is 1. The van der Waals surface area contributed by atoms with Crippen molar-refractivity contribution in [2.75, 3.05) is 39.3 Å². The summed E-state index contributed by atoms with van der Waals surface area (Å²) in [7, 11) is -3.61. The number of piperazine rings is 1. The van der Waals surface area contributed by atoms with Crippen molar-refractivity contribution in [2.45, 2.75) is 38.6 Å². The van der Waals surface area contributed by atoms with Gasteiger partial charge in [-0.1, -0.05) is 12.8 Å². The molecule has 7 nitrogen and oxygen atoms in total. The molecule has 122 valence electrons. The van der Waals surface area contributed by atoms with Crippen LogP contribution < -0.4 is 5.14 Å². The Hall–Kier alpha value is -0.700. The van der Waals surface area contributed by atoms with E-state index in [9.17, 15) is 13.2 Å².